The van der Waals surface area contributed by atoms with Crippen molar-refractivity contribution >= 4 is 22.7 Å². The van der Waals surface area contributed by atoms with Crippen molar-refractivity contribution in [2.75, 3.05) is 23.3 Å². The first kappa shape index (κ1) is 26.7. The van der Waals surface area contributed by atoms with Crippen LogP contribution in [-0.4, -0.2) is 35.2 Å². The van der Waals surface area contributed by atoms with Gasteiger partial charge in [0, 0.05) is 49.7 Å². The Morgan fingerprint density at radius 1 is 1.03 bits per heavy atom. The summed E-state index contributed by atoms with van der Waals surface area (Å²) in [6.07, 6.45) is 5.31. The van der Waals surface area contributed by atoms with Gasteiger partial charge in [0.2, 0.25) is 0 Å². The van der Waals surface area contributed by atoms with Crippen molar-refractivity contribution in [3.8, 4) is 5.75 Å². The molecular weight excluding hydrogens is 540 g/mol. The van der Waals surface area contributed by atoms with Gasteiger partial charge in [0.05, 0.1) is 0 Å². The van der Waals surface area contributed by atoms with Crippen molar-refractivity contribution in [3.63, 3.8) is 0 Å². The van der Waals surface area contributed by atoms with Crippen LogP contribution in [0.25, 0.3) is 11.0 Å². The average molecular weight is 570 g/mol. The maximum Gasteiger partial charge on any atom is 0.197 e. The molecule has 0 aliphatic carbocycles. The fraction of sp³-hybridized carbons (Fsp3) is 0.321. The molecule has 0 saturated carbocycles. The molecule has 194 valence electrons. The number of hydrogen-bond donors (Lipinski definition) is 1. The molecule has 1 aliphatic rings. The quantitative estimate of drug-likeness (QED) is 0.345. The van der Waals surface area contributed by atoms with E-state index in [-0.39, 0.29) is 34.9 Å². The first-order valence-electron chi connectivity index (χ1n) is 12.3. The summed E-state index contributed by atoms with van der Waals surface area (Å²) in [6.45, 7) is 6.30. The molecule has 0 unspecified atom stereocenters. The van der Waals surface area contributed by atoms with Crippen LogP contribution in [0, 0.1) is 11.6 Å². The molecule has 0 atom stereocenters. The van der Waals surface area contributed by atoms with Crippen LogP contribution in [0.5, 0.6) is 5.75 Å². The van der Waals surface area contributed by atoms with Crippen LogP contribution in [0.1, 0.15) is 32.3 Å². The number of halogens is 3. The lowest BCUT2D eigenvalue weighted by molar-refractivity contribution is -0.687. The molecule has 3 heterocycles. The van der Waals surface area contributed by atoms with Gasteiger partial charge in [-0.2, -0.15) is 4.57 Å². The molecule has 1 aliphatic heterocycles. The van der Waals surface area contributed by atoms with Gasteiger partial charge in [-0.15, -0.1) is 0 Å². The molecule has 0 radical (unpaired) electrons. The fourth-order valence-electron chi connectivity index (χ4n) is 4.46. The number of pyridine rings is 1. The topological polar surface area (TPSA) is 54.2 Å². The number of nitrogens with one attached hydrogen (secondary N) is 1. The zero-order valence-corrected chi connectivity index (χ0v) is 22.5. The number of nitrogens with zero attached hydrogens (tertiary/aromatic N) is 4. The number of fused-ring (bicyclic) bond motifs is 1. The van der Waals surface area contributed by atoms with E-state index in [1.54, 1.807) is 0 Å². The summed E-state index contributed by atoms with van der Waals surface area (Å²) < 4.78 is 35.2. The molecule has 0 bridgehead atoms. The summed E-state index contributed by atoms with van der Waals surface area (Å²) >= 11 is 0. The first-order chi connectivity index (χ1) is 17.4. The van der Waals surface area contributed by atoms with Gasteiger partial charge in [-0.1, -0.05) is 30.3 Å². The first-order valence-corrected chi connectivity index (χ1v) is 12.3. The molecule has 9 heteroatoms. The number of aromatic nitrogens is 3. The normalized spacial score (nSPS) is 14.0. The monoisotopic (exact) mass is 569 g/mol. The smallest absolute Gasteiger partial charge is 0.197 e. The average Bonchev–Trinajstić information content (AvgIpc) is 2.86. The lowest BCUT2D eigenvalue weighted by atomic mass is 10.1. The van der Waals surface area contributed by atoms with Crippen LogP contribution >= 0.6 is 0 Å². The Hall–Kier alpha value is -3.33. The Labute approximate surface area is 226 Å². The van der Waals surface area contributed by atoms with E-state index in [4.69, 9.17) is 14.7 Å². The standard InChI is InChI=1S/C28H30F2N5O.BrH/c1-19(2)31-27-28(35-14-10-22(11-15-35)36-26-9-8-21(29)16-23(26)30)33-24-12-13-34(18-25(24)32-27)17-20-6-4-3-5-7-20;/h3-9,12-13,16,18-19,22H,10-11,14-15,17H2,1-2H3,(H,31,32);1H/q+1;/p-1. The molecule has 2 aromatic heterocycles. The highest BCUT2D eigenvalue weighted by Gasteiger charge is 2.26. The zero-order valence-electron chi connectivity index (χ0n) is 20.9. The van der Waals surface area contributed by atoms with E-state index in [2.05, 4.69) is 40.8 Å². The Balaban J connectivity index is 0.00000320. The minimum absolute atomic E-state index is 0. The van der Waals surface area contributed by atoms with Gasteiger partial charge < -0.3 is 31.9 Å². The highest BCUT2D eigenvalue weighted by atomic mass is 79.9. The Kier molecular flexibility index (Phi) is 8.53. The SMILES string of the molecule is CC(C)Nc1nc2c[n+](Cc3ccccc3)ccc2nc1N1CCC(Oc2ccc(F)cc2F)CC1.[Br-]. The van der Waals surface area contributed by atoms with Crippen LogP contribution in [0.4, 0.5) is 20.4 Å². The molecule has 1 saturated heterocycles. The molecule has 2 aromatic carbocycles. The highest BCUT2D eigenvalue weighted by molar-refractivity contribution is 5.79. The molecular formula is C28H30BrF2N5O. The van der Waals surface area contributed by atoms with E-state index in [1.807, 2.05) is 36.7 Å². The predicted molar refractivity (Wildman–Crippen MR) is 136 cm³/mol. The number of ether oxygens (including phenoxy) is 1. The summed E-state index contributed by atoms with van der Waals surface area (Å²) in [5, 5.41) is 3.45. The third kappa shape index (κ3) is 6.52. The van der Waals surface area contributed by atoms with Gasteiger partial charge in [-0.25, -0.2) is 18.7 Å². The number of piperidine rings is 1. The fourth-order valence-corrected chi connectivity index (χ4v) is 4.46. The summed E-state index contributed by atoms with van der Waals surface area (Å²) in [5.41, 5.74) is 2.87. The second kappa shape index (κ2) is 11.8. The molecule has 0 amide bonds. The molecule has 4 aromatic rings. The molecule has 5 rings (SSSR count). The van der Waals surface area contributed by atoms with E-state index in [0.717, 1.165) is 35.3 Å². The predicted octanol–water partition coefficient (Wildman–Crippen LogP) is 2.12. The number of anilines is 2. The Bertz CT molecular complexity index is 1350. The van der Waals surface area contributed by atoms with Gasteiger partial charge in [-0.05, 0) is 26.0 Å². The van der Waals surface area contributed by atoms with Crippen molar-refractivity contribution in [1.82, 2.24) is 9.97 Å². The highest BCUT2D eigenvalue weighted by Crippen LogP contribution is 2.29. The lowest BCUT2D eigenvalue weighted by Gasteiger charge is -2.34. The van der Waals surface area contributed by atoms with Gasteiger partial charge in [0.15, 0.2) is 47.7 Å². The van der Waals surface area contributed by atoms with Crippen molar-refractivity contribution < 1.29 is 35.1 Å². The van der Waals surface area contributed by atoms with E-state index < -0.39 is 11.6 Å². The van der Waals surface area contributed by atoms with Crippen LogP contribution in [-0.2, 0) is 6.54 Å². The van der Waals surface area contributed by atoms with E-state index >= 15 is 0 Å². The largest absolute Gasteiger partial charge is 1.00 e. The van der Waals surface area contributed by atoms with Crippen LogP contribution in [0.2, 0.25) is 0 Å². The molecule has 37 heavy (non-hydrogen) atoms. The van der Waals surface area contributed by atoms with Gasteiger partial charge >= 0.3 is 0 Å². The van der Waals surface area contributed by atoms with E-state index in [0.29, 0.717) is 25.9 Å². The number of rotatable bonds is 7. The Morgan fingerprint density at radius 2 is 1.78 bits per heavy atom. The minimum atomic E-state index is -0.675. The van der Waals surface area contributed by atoms with Crippen molar-refractivity contribution in [1.29, 1.82) is 0 Å². The summed E-state index contributed by atoms with van der Waals surface area (Å²) in [5.74, 6) is 0.361. The van der Waals surface area contributed by atoms with Crippen molar-refractivity contribution in [2.24, 2.45) is 0 Å². The van der Waals surface area contributed by atoms with E-state index in [1.165, 1.54) is 17.7 Å². The van der Waals surface area contributed by atoms with Crippen LogP contribution < -0.4 is 36.5 Å². The number of benzene rings is 2. The van der Waals surface area contributed by atoms with E-state index in [9.17, 15) is 8.78 Å². The molecule has 1 fully saturated rings. The van der Waals surface area contributed by atoms with Gasteiger partial charge in [0.1, 0.15) is 17.4 Å². The molecule has 0 spiro atoms. The minimum Gasteiger partial charge on any atom is -1.00 e. The van der Waals surface area contributed by atoms with Crippen molar-refractivity contribution in [3.05, 3.63) is 84.2 Å². The lowest BCUT2D eigenvalue weighted by Crippen LogP contribution is -3.00. The third-order valence-electron chi connectivity index (χ3n) is 6.21. The maximum absolute atomic E-state index is 14.0. The second-order valence-electron chi connectivity index (χ2n) is 9.45. The van der Waals surface area contributed by atoms with Crippen molar-refractivity contribution in [2.45, 2.75) is 45.4 Å². The van der Waals surface area contributed by atoms with Crippen LogP contribution in [0.15, 0.2) is 67.0 Å². The summed E-state index contributed by atoms with van der Waals surface area (Å²) in [4.78, 5) is 12.1. The summed E-state index contributed by atoms with van der Waals surface area (Å²) in [7, 11) is 0. The van der Waals surface area contributed by atoms with Crippen LogP contribution in [0.3, 0.4) is 0 Å². The van der Waals surface area contributed by atoms with Gasteiger partial charge in [0.25, 0.3) is 0 Å². The summed E-state index contributed by atoms with van der Waals surface area (Å²) in [6, 6.07) is 15.9. The molecule has 1 N–H and O–H groups in total. The second-order valence-corrected chi connectivity index (χ2v) is 9.45. The third-order valence-corrected chi connectivity index (χ3v) is 6.21. The molecule has 6 nitrogen and oxygen atoms in total. The zero-order chi connectivity index (χ0) is 25.1. The van der Waals surface area contributed by atoms with Gasteiger partial charge in [-0.3, -0.25) is 0 Å². The maximum atomic E-state index is 14.0. The Morgan fingerprint density at radius 3 is 2.49 bits per heavy atom. The number of hydrogen-bond acceptors (Lipinski definition) is 5.